The molecule has 8 heteroatoms. The maximum Gasteiger partial charge on any atom is 0.296 e. The first-order chi connectivity index (χ1) is 8.68. The van der Waals surface area contributed by atoms with E-state index in [2.05, 4.69) is 10.2 Å². The Bertz CT molecular complexity index is 520. The number of hydrogen-bond acceptors (Lipinski definition) is 5. The van der Waals surface area contributed by atoms with Crippen molar-refractivity contribution in [2.24, 2.45) is 0 Å². The van der Waals surface area contributed by atoms with E-state index in [1.165, 1.54) is 0 Å². The number of rotatable bonds is 6. The van der Waals surface area contributed by atoms with Gasteiger partial charge in [0.2, 0.25) is 0 Å². The van der Waals surface area contributed by atoms with Gasteiger partial charge in [0, 0.05) is 35.9 Å². The maximum absolute atomic E-state index is 11.5. The van der Waals surface area contributed by atoms with Gasteiger partial charge < -0.3 is 4.74 Å². The molecule has 0 aliphatic rings. The lowest BCUT2D eigenvalue weighted by molar-refractivity contribution is 0.144. The molecule has 1 aromatic heterocycles. The SMILES string of the molecule is CCOCCCc1nnc(S(=O)(=O)Cl)n1C(C)(C)C. The van der Waals surface area contributed by atoms with Crippen molar-refractivity contribution in [1.29, 1.82) is 0 Å². The number of nitrogens with zero attached hydrogens (tertiary/aromatic N) is 3. The average Bonchev–Trinajstić information content (AvgIpc) is 2.67. The van der Waals surface area contributed by atoms with Crippen LogP contribution in [-0.4, -0.2) is 36.4 Å². The first kappa shape index (κ1) is 16.4. The standard InChI is InChI=1S/C11H20ClN3O3S/c1-5-18-8-6-7-9-13-14-10(19(12,16)17)15(9)11(2,3)4/h5-8H2,1-4H3. The van der Waals surface area contributed by atoms with Crippen LogP contribution in [0.3, 0.4) is 0 Å². The molecular formula is C11H20ClN3O3S. The molecule has 0 aliphatic carbocycles. The van der Waals surface area contributed by atoms with Crippen molar-refractivity contribution in [3.63, 3.8) is 0 Å². The van der Waals surface area contributed by atoms with Gasteiger partial charge in [0.15, 0.2) is 0 Å². The molecule has 0 aliphatic heterocycles. The van der Waals surface area contributed by atoms with E-state index in [9.17, 15) is 8.42 Å². The van der Waals surface area contributed by atoms with Gasteiger partial charge in [0.05, 0.1) is 0 Å². The summed E-state index contributed by atoms with van der Waals surface area (Å²) in [4.78, 5) is 0. The summed E-state index contributed by atoms with van der Waals surface area (Å²) in [6, 6.07) is 0. The summed E-state index contributed by atoms with van der Waals surface area (Å²) in [7, 11) is 1.49. The number of aromatic nitrogens is 3. The third kappa shape index (κ3) is 4.43. The molecule has 0 unspecified atom stereocenters. The van der Waals surface area contributed by atoms with E-state index >= 15 is 0 Å². The second-order valence-corrected chi connectivity index (χ2v) is 7.60. The highest BCUT2D eigenvalue weighted by molar-refractivity contribution is 8.13. The minimum absolute atomic E-state index is 0.201. The fraction of sp³-hybridized carbons (Fsp3) is 0.818. The molecule has 1 aromatic rings. The van der Waals surface area contributed by atoms with Gasteiger partial charge in [0.25, 0.3) is 14.2 Å². The first-order valence-corrected chi connectivity index (χ1v) is 8.46. The third-order valence-electron chi connectivity index (χ3n) is 2.48. The van der Waals surface area contributed by atoms with Crippen molar-refractivity contribution in [3.8, 4) is 0 Å². The fourth-order valence-corrected chi connectivity index (χ4v) is 2.81. The zero-order valence-electron chi connectivity index (χ0n) is 11.7. The van der Waals surface area contributed by atoms with Crippen LogP contribution in [0.25, 0.3) is 0 Å². The summed E-state index contributed by atoms with van der Waals surface area (Å²) in [5.41, 5.74) is -0.457. The summed E-state index contributed by atoms with van der Waals surface area (Å²) in [5.74, 6) is 0.603. The Morgan fingerprint density at radius 3 is 2.42 bits per heavy atom. The van der Waals surface area contributed by atoms with Crippen LogP contribution in [0, 0.1) is 0 Å². The van der Waals surface area contributed by atoms with E-state index in [0.29, 0.717) is 25.5 Å². The van der Waals surface area contributed by atoms with Crippen molar-refractivity contribution in [2.75, 3.05) is 13.2 Å². The molecular weight excluding hydrogens is 290 g/mol. The average molecular weight is 310 g/mol. The second-order valence-electron chi connectivity index (χ2n) is 5.14. The Labute approximate surface area is 118 Å². The van der Waals surface area contributed by atoms with Gasteiger partial charge in [0.1, 0.15) is 5.82 Å². The summed E-state index contributed by atoms with van der Waals surface area (Å²) >= 11 is 0. The molecule has 6 nitrogen and oxygen atoms in total. The molecule has 110 valence electrons. The number of halogens is 1. The predicted molar refractivity (Wildman–Crippen MR) is 72.9 cm³/mol. The molecule has 1 rings (SSSR count). The Morgan fingerprint density at radius 1 is 1.32 bits per heavy atom. The smallest absolute Gasteiger partial charge is 0.296 e. The van der Waals surface area contributed by atoms with Crippen molar-refractivity contribution in [3.05, 3.63) is 5.82 Å². The summed E-state index contributed by atoms with van der Waals surface area (Å²) < 4.78 is 29.8. The summed E-state index contributed by atoms with van der Waals surface area (Å²) in [6.45, 7) is 8.84. The van der Waals surface area contributed by atoms with Gasteiger partial charge in [-0.3, -0.25) is 4.57 Å². The lowest BCUT2D eigenvalue weighted by Crippen LogP contribution is -2.27. The van der Waals surface area contributed by atoms with Crippen molar-refractivity contribution in [1.82, 2.24) is 14.8 Å². The Hall–Kier alpha value is -0.660. The first-order valence-electron chi connectivity index (χ1n) is 6.15. The molecule has 0 saturated carbocycles. The number of hydrogen-bond donors (Lipinski definition) is 0. The molecule has 0 amide bonds. The van der Waals surface area contributed by atoms with Gasteiger partial charge in [-0.25, -0.2) is 8.42 Å². The Balaban J connectivity index is 3.03. The minimum Gasteiger partial charge on any atom is -0.382 e. The van der Waals surface area contributed by atoms with Crippen LogP contribution in [-0.2, 0) is 25.7 Å². The van der Waals surface area contributed by atoms with E-state index < -0.39 is 14.6 Å². The van der Waals surface area contributed by atoms with E-state index in [1.54, 1.807) is 4.57 Å². The van der Waals surface area contributed by atoms with Crippen LogP contribution < -0.4 is 0 Å². The van der Waals surface area contributed by atoms with Crippen LogP contribution in [0.2, 0.25) is 0 Å². The number of aryl methyl sites for hydroxylation is 1. The van der Waals surface area contributed by atoms with Crippen molar-refractivity contribution in [2.45, 2.75) is 51.2 Å². The Kier molecular flexibility index (Phi) is 5.34. The fourth-order valence-electron chi connectivity index (χ4n) is 1.77. The molecule has 1 heterocycles. The zero-order valence-corrected chi connectivity index (χ0v) is 13.3. The predicted octanol–water partition coefficient (Wildman–Crippen LogP) is 1.93. The van der Waals surface area contributed by atoms with Crippen LogP contribution in [0.15, 0.2) is 5.16 Å². The van der Waals surface area contributed by atoms with Gasteiger partial charge in [-0.05, 0) is 34.1 Å². The molecule has 0 atom stereocenters. The maximum atomic E-state index is 11.5. The highest BCUT2D eigenvalue weighted by Gasteiger charge is 2.29. The van der Waals surface area contributed by atoms with E-state index in [4.69, 9.17) is 15.4 Å². The monoisotopic (exact) mass is 309 g/mol. The molecule has 19 heavy (non-hydrogen) atoms. The van der Waals surface area contributed by atoms with E-state index in [-0.39, 0.29) is 5.16 Å². The second kappa shape index (κ2) is 6.19. The lowest BCUT2D eigenvalue weighted by atomic mass is 10.1. The van der Waals surface area contributed by atoms with Crippen molar-refractivity contribution >= 4 is 19.7 Å². The quantitative estimate of drug-likeness (QED) is 0.593. The molecule has 0 radical (unpaired) electrons. The molecule has 0 saturated heterocycles. The topological polar surface area (TPSA) is 74.1 Å². The molecule has 0 N–H and O–H groups in total. The van der Waals surface area contributed by atoms with Crippen LogP contribution >= 0.6 is 10.7 Å². The summed E-state index contributed by atoms with van der Waals surface area (Å²) in [6.07, 6.45) is 1.35. The molecule has 0 aromatic carbocycles. The summed E-state index contributed by atoms with van der Waals surface area (Å²) in [5, 5.41) is 7.44. The van der Waals surface area contributed by atoms with Gasteiger partial charge >= 0.3 is 0 Å². The van der Waals surface area contributed by atoms with Gasteiger partial charge in [-0.2, -0.15) is 0 Å². The zero-order chi connectivity index (χ0) is 14.7. The van der Waals surface area contributed by atoms with Crippen LogP contribution in [0.1, 0.15) is 39.9 Å². The lowest BCUT2D eigenvalue weighted by Gasteiger charge is -2.24. The molecule has 0 fully saturated rings. The van der Waals surface area contributed by atoms with Gasteiger partial charge in [-0.1, -0.05) is 0 Å². The Morgan fingerprint density at radius 2 is 1.95 bits per heavy atom. The van der Waals surface area contributed by atoms with E-state index in [1.807, 2.05) is 27.7 Å². The highest BCUT2D eigenvalue weighted by Crippen LogP contribution is 2.24. The molecule has 0 spiro atoms. The number of ether oxygens (including phenoxy) is 1. The van der Waals surface area contributed by atoms with Gasteiger partial charge in [-0.15, -0.1) is 10.2 Å². The van der Waals surface area contributed by atoms with Crippen LogP contribution in [0.4, 0.5) is 0 Å². The third-order valence-corrected chi connectivity index (χ3v) is 3.60. The highest BCUT2D eigenvalue weighted by atomic mass is 35.7. The van der Waals surface area contributed by atoms with Crippen molar-refractivity contribution < 1.29 is 13.2 Å². The minimum atomic E-state index is -3.90. The van der Waals surface area contributed by atoms with E-state index in [0.717, 1.165) is 6.42 Å². The largest absolute Gasteiger partial charge is 0.382 e. The van der Waals surface area contributed by atoms with Crippen LogP contribution in [0.5, 0.6) is 0 Å². The molecule has 0 bridgehead atoms. The normalized spacial score (nSPS) is 12.9.